The Hall–Kier alpha value is -1.81. The lowest BCUT2D eigenvalue weighted by Gasteiger charge is -2.34. The van der Waals surface area contributed by atoms with E-state index in [2.05, 4.69) is 50.3 Å². The lowest BCUT2D eigenvalue weighted by Crippen LogP contribution is -2.41. The van der Waals surface area contributed by atoms with Crippen molar-refractivity contribution in [2.45, 2.75) is 50.6 Å². The van der Waals surface area contributed by atoms with Crippen molar-refractivity contribution in [1.82, 2.24) is 15.1 Å². The van der Waals surface area contributed by atoms with Crippen LogP contribution in [0.2, 0.25) is 0 Å². The first kappa shape index (κ1) is 14.5. The second-order valence-corrected chi connectivity index (χ2v) is 7.64. The van der Waals surface area contributed by atoms with Gasteiger partial charge in [0, 0.05) is 61.5 Å². The summed E-state index contributed by atoms with van der Waals surface area (Å²) < 4.78 is 0. The fourth-order valence-corrected chi connectivity index (χ4v) is 4.58. The Balaban J connectivity index is 1.30. The third kappa shape index (κ3) is 2.44. The molecule has 3 aliphatic rings. The number of para-hydroxylation sites is 1. The van der Waals surface area contributed by atoms with Crippen LogP contribution in [0.3, 0.4) is 0 Å². The van der Waals surface area contributed by atoms with Crippen LogP contribution in [0, 0.1) is 0 Å². The summed E-state index contributed by atoms with van der Waals surface area (Å²) in [6.45, 7) is 4.62. The zero-order valence-corrected chi connectivity index (χ0v) is 14.2. The summed E-state index contributed by atoms with van der Waals surface area (Å²) in [6, 6.07) is 11.5. The number of aromatic amines is 1. The van der Waals surface area contributed by atoms with Gasteiger partial charge < -0.3 is 4.90 Å². The predicted molar refractivity (Wildman–Crippen MR) is 96.4 cm³/mol. The van der Waals surface area contributed by atoms with E-state index in [1.54, 1.807) is 0 Å². The number of rotatable bonds is 3. The van der Waals surface area contributed by atoms with E-state index in [9.17, 15) is 0 Å². The molecule has 5 rings (SSSR count). The second-order valence-electron chi connectivity index (χ2n) is 7.64. The molecule has 2 aliphatic heterocycles. The predicted octanol–water partition coefficient (Wildman–Crippen LogP) is 3.31. The molecule has 4 nitrogen and oxygen atoms in total. The molecule has 2 aromatic rings. The molecule has 0 amide bonds. The molecule has 0 spiro atoms. The van der Waals surface area contributed by atoms with E-state index in [0.29, 0.717) is 6.04 Å². The van der Waals surface area contributed by atoms with Gasteiger partial charge in [0.15, 0.2) is 0 Å². The molecule has 1 N–H and O–H groups in total. The molecule has 0 radical (unpaired) electrons. The topological polar surface area (TPSA) is 35.2 Å². The van der Waals surface area contributed by atoms with Crippen LogP contribution in [0.5, 0.6) is 0 Å². The Labute approximate surface area is 143 Å². The van der Waals surface area contributed by atoms with Gasteiger partial charge in [-0.2, -0.15) is 5.10 Å². The van der Waals surface area contributed by atoms with E-state index in [4.69, 9.17) is 0 Å². The maximum Gasteiger partial charge on any atom is 0.0700 e. The molecular formula is C20H26N4. The summed E-state index contributed by atoms with van der Waals surface area (Å²) >= 11 is 0. The summed E-state index contributed by atoms with van der Waals surface area (Å²) in [7, 11) is 0. The van der Waals surface area contributed by atoms with Crippen molar-refractivity contribution in [3.05, 3.63) is 47.3 Å². The lowest BCUT2D eigenvalue weighted by atomic mass is 9.80. The van der Waals surface area contributed by atoms with Crippen LogP contribution >= 0.6 is 0 Å². The van der Waals surface area contributed by atoms with Crippen LogP contribution in [-0.4, -0.2) is 40.8 Å². The van der Waals surface area contributed by atoms with Gasteiger partial charge in [-0.15, -0.1) is 0 Å². The van der Waals surface area contributed by atoms with Gasteiger partial charge in [-0.3, -0.25) is 10.00 Å². The summed E-state index contributed by atoms with van der Waals surface area (Å²) in [5.74, 6) is 0.731. The van der Waals surface area contributed by atoms with Gasteiger partial charge in [-0.05, 0) is 31.4 Å². The number of anilines is 1. The van der Waals surface area contributed by atoms with Gasteiger partial charge in [0.2, 0.25) is 0 Å². The minimum Gasteiger partial charge on any atom is -0.370 e. The highest BCUT2D eigenvalue weighted by molar-refractivity contribution is 5.47. The van der Waals surface area contributed by atoms with E-state index in [-0.39, 0.29) is 0 Å². The van der Waals surface area contributed by atoms with Crippen LogP contribution in [0.25, 0.3) is 0 Å². The molecule has 24 heavy (non-hydrogen) atoms. The Bertz CT molecular complexity index is 704. The number of benzene rings is 1. The van der Waals surface area contributed by atoms with E-state index in [1.807, 2.05) is 0 Å². The highest BCUT2D eigenvalue weighted by atomic mass is 15.3. The summed E-state index contributed by atoms with van der Waals surface area (Å²) in [6.07, 6.45) is 6.47. The molecule has 1 aliphatic carbocycles. The quantitative estimate of drug-likeness (QED) is 0.941. The van der Waals surface area contributed by atoms with E-state index in [1.165, 1.54) is 61.4 Å². The molecule has 1 saturated heterocycles. The SMILES string of the molecule is c1ccc(N2CC[C@H](N3CCc4[nH]nc(C5CCC5)c4C3)C2)cc1. The van der Waals surface area contributed by atoms with Crippen LogP contribution < -0.4 is 4.90 Å². The molecule has 1 saturated carbocycles. The van der Waals surface area contributed by atoms with Crippen molar-refractivity contribution in [3.63, 3.8) is 0 Å². The first-order valence-electron chi connectivity index (χ1n) is 9.48. The molecular weight excluding hydrogens is 296 g/mol. The fourth-order valence-electron chi connectivity index (χ4n) is 4.58. The number of H-pyrrole nitrogens is 1. The molecule has 0 bridgehead atoms. The summed E-state index contributed by atoms with van der Waals surface area (Å²) in [5, 5.41) is 8.02. The first-order valence-corrected chi connectivity index (χ1v) is 9.48. The van der Waals surface area contributed by atoms with Crippen molar-refractivity contribution in [2.24, 2.45) is 0 Å². The smallest absolute Gasteiger partial charge is 0.0700 e. The molecule has 3 heterocycles. The van der Waals surface area contributed by atoms with Crippen molar-refractivity contribution in [2.75, 3.05) is 24.5 Å². The Morgan fingerprint density at radius 2 is 1.92 bits per heavy atom. The van der Waals surface area contributed by atoms with Crippen molar-refractivity contribution < 1.29 is 0 Å². The highest BCUT2D eigenvalue weighted by Crippen LogP contribution is 2.39. The highest BCUT2D eigenvalue weighted by Gasteiger charge is 2.34. The second kappa shape index (κ2) is 5.92. The lowest BCUT2D eigenvalue weighted by molar-refractivity contribution is 0.189. The van der Waals surface area contributed by atoms with Gasteiger partial charge in [0.1, 0.15) is 0 Å². The van der Waals surface area contributed by atoms with Gasteiger partial charge in [-0.1, -0.05) is 24.6 Å². The van der Waals surface area contributed by atoms with E-state index >= 15 is 0 Å². The number of nitrogens with one attached hydrogen (secondary N) is 1. The van der Waals surface area contributed by atoms with Gasteiger partial charge in [-0.25, -0.2) is 0 Å². The monoisotopic (exact) mass is 322 g/mol. The number of hydrogen-bond donors (Lipinski definition) is 1. The van der Waals surface area contributed by atoms with Crippen molar-refractivity contribution in [1.29, 1.82) is 0 Å². The maximum absolute atomic E-state index is 4.68. The third-order valence-electron chi connectivity index (χ3n) is 6.29. The number of nitrogens with zero attached hydrogens (tertiary/aromatic N) is 3. The molecule has 1 atom stereocenters. The van der Waals surface area contributed by atoms with Crippen LogP contribution in [0.15, 0.2) is 30.3 Å². The van der Waals surface area contributed by atoms with Crippen molar-refractivity contribution in [3.8, 4) is 0 Å². The molecule has 4 heteroatoms. The minimum atomic E-state index is 0.683. The zero-order chi connectivity index (χ0) is 15.9. The standard InChI is InChI=1S/C20H26N4/c1-2-7-16(8-3-1)23-11-9-17(13-23)24-12-10-19-18(14-24)20(22-21-19)15-5-4-6-15/h1-3,7-8,15,17H,4-6,9-14H2,(H,21,22)/t17-/m0/s1. The van der Waals surface area contributed by atoms with Crippen LogP contribution in [-0.2, 0) is 13.0 Å². The van der Waals surface area contributed by atoms with Gasteiger partial charge in [0.05, 0.1) is 5.69 Å². The average Bonchev–Trinajstić information content (AvgIpc) is 3.22. The normalized spacial score (nSPS) is 24.8. The molecule has 126 valence electrons. The minimum absolute atomic E-state index is 0.683. The van der Waals surface area contributed by atoms with Gasteiger partial charge >= 0.3 is 0 Å². The summed E-state index contributed by atoms with van der Waals surface area (Å²) in [5.41, 5.74) is 5.70. The Morgan fingerprint density at radius 3 is 2.71 bits per heavy atom. The summed E-state index contributed by atoms with van der Waals surface area (Å²) in [4.78, 5) is 5.26. The molecule has 1 aromatic carbocycles. The average molecular weight is 322 g/mol. The Kier molecular flexibility index (Phi) is 3.58. The van der Waals surface area contributed by atoms with E-state index in [0.717, 1.165) is 25.4 Å². The third-order valence-corrected chi connectivity index (χ3v) is 6.29. The largest absolute Gasteiger partial charge is 0.370 e. The molecule has 1 aromatic heterocycles. The fraction of sp³-hybridized carbons (Fsp3) is 0.550. The van der Waals surface area contributed by atoms with Crippen LogP contribution in [0.4, 0.5) is 5.69 Å². The molecule has 2 fully saturated rings. The first-order chi connectivity index (χ1) is 11.9. The zero-order valence-electron chi connectivity index (χ0n) is 14.2. The Morgan fingerprint density at radius 1 is 1.04 bits per heavy atom. The van der Waals surface area contributed by atoms with Gasteiger partial charge in [0.25, 0.3) is 0 Å². The van der Waals surface area contributed by atoms with Crippen LogP contribution in [0.1, 0.15) is 48.6 Å². The van der Waals surface area contributed by atoms with Crippen molar-refractivity contribution >= 4 is 5.69 Å². The number of hydrogen-bond acceptors (Lipinski definition) is 3. The maximum atomic E-state index is 4.68. The van der Waals surface area contributed by atoms with E-state index < -0.39 is 0 Å². The number of fused-ring (bicyclic) bond motifs is 1. The number of aromatic nitrogens is 2. The molecule has 0 unspecified atom stereocenters.